The van der Waals surface area contributed by atoms with E-state index in [1.54, 1.807) is 12.1 Å². The summed E-state index contributed by atoms with van der Waals surface area (Å²) in [5.41, 5.74) is 1.14. The fourth-order valence-corrected chi connectivity index (χ4v) is 3.21. The van der Waals surface area contributed by atoms with Crippen LogP contribution < -0.4 is 15.5 Å². The van der Waals surface area contributed by atoms with Crippen molar-refractivity contribution in [3.05, 3.63) is 24.0 Å². The van der Waals surface area contributed by atoms with E-state index in [2.05, 4.69) is 10.6 Å². The molecule has 0 aliphatic carbocycles. The minimum absolute atomic E-state index is 0.0469. The molecule has 2 saturated heterocycles. The molecule has 1 aromatic rings. The molecule has 22 heavy (non-hydrogen) atoms. The maximum absolute atomic E-state index is 14.3. The number of carbonyl (C=O) groups is 1. The van der Waals surface area contributed by atoms with Crippen LogP contribution in [-0.2, 0) is 4.79 Å². The molecule has 0 aromatic heterocycles. The Kier molecular flexibility index (Phi) is 4.59. The van der Waals surface area contributed by atoms with Gasteiger partial charge in [0.05, 0.1) is 11.7 Å². The predicted molar refractivity (Wildman–Crippen MR) is 85.8 cm³/mol. The van der Waals surface area contributed by atoms with Crippen LogP contribution in [0, 0.1) is 5.82 Å². The molecule has 2 N–H and O–H groups in total. The van der Waals surface area contributed by atoms with Gasteiger partial charge in [0.2, 0.25) is 5.91 Å². The van der Waals surface area contributed by atoms with E-state index in [0.717, 1.165) is 45.6 Å². The quantitative estimate of drug-likeness (QED) is 0.883. The molecule has 0 bridgehead atoms. The van der Waals surface area contributed by atoms with Gasteiger partial charge < -0.3 is 15.5 Å². The molecule has 0 spiro atoms. The van der Waals surface area contributed by atoms with E-state index in [-0.39, 0.29) is 17.8 Å². The van der Waals surface area contributed by atoms with Crippen molar-refractivity contribution in [3.63, 3.8) is 0 Å². The number of halogens is 1. The molecule has 2 aliphatic rings. The first-order valence-electron chi connectivity index (χ1n) is 7.91. The summed E-state index contributed by atoms with van der Waals surface area (Å²) in [7, 11) is 1.95. The summed E-state index contributed by atoms with van der Waals surface area (Å²) in [5, 5.41) is 6.08. The lowest BCUT2D eigenvalue weighted by Crippen LogP contribution is -2.43. The van der Waals surface area contributed by atoms with Gasteiger partial charge in [0.15, 0.2) is 0 Å². The van der Waals surface area contributed by atoms with Crippen molar-refractivity contribution in [2.45, 2.75) is 18.9 Å². The number of piperazine rings is 1. The van der Waals surface area contributed by atoms with Crippen LogP contribution in [0.1, 0.15) is 12.8 Å². The Balaban J connectivity index is 1.67. The van der Waals surface area contributed by atoms with Crippen LogP contribution in [0.25, 0.3) is 0 Å². The summed E-state index contributed by atoms with van der Waals surface area (Å²) < 4.78 is 14.3. The lowest BCUT2D eigenvalue weighted by molar-refractivity contribution is -0.119. The Morgan fingerprint density at radius 1 is 1.32 bits per heavy atom. The molecule has 1 amide bonds. The largest absolute Gasteiger partial charge is 0.367 e. The number of anilines is 2. The second-order valence-electron chi connectivity index (χ2n) is 6.03. The van der Waals surface area contributed by atoms with Gasteiger partial charge in [-0.3, -0.25) is 9.69 Å². The van der Waals surface area contributed by atoms with Crippen molar-refractivity contribution in [3.8, 4) is 0 Å². The Bertz CT molecular complexity index is 545. The third kappa shape index (κ3) is 3.23. The number of hydrogen-bond acceptors (Lipinski definition) is 4. The number of rotatable bonds is 3. The number of amides is 1. The van der Waals surface area contributed by atoms with Gasteiger partial charge in [-0.15, -0.1) is 0 Å². The fourth-order valence-electron chi connectivity index (χ4n) is 3.21. The van der Waals surface area contributed by atoms with E-state index in [4.69, 9.17) is 0 Å². The van der Waals surface area contributed by atoms with Crippen molar-refractivity contribution >= 4 is 17.3 Å². The highest BCUT2D eigenvalue weighted by molar-refractivity contribution is 5.95. The summed E-state index contributed by atoms with van der Waals surface area (Å²) in [6, 6.07) is 4.86. The molecule has 120 valence electrons. The summed E-state index contributed by atoms with van der Waals surface area (Å²) in [6.07, 6.45) is 1.90. The molecule has 1 aromatic carbocycles. The molecule has 0 unspecified atom stereocenters. The average molecular weight is 306 g/mol. The van der Waals surface area contributed by atoms with Gasteiger partial charge in [-0.25, -0.2) is 4.39 Å². The van der Waals surface area contributed by atoms with Crippen LogP contribution in [-0.4, -0.2) is 56.6 Å². The van der Waals surface area contributed by atoms with Crippen LogP contribution >= 0.6 is 0 Å². The number of benzene rings is 1. The average Bonchev–Trinajstić information content (AvgIpc) is 2.94. The SMILES string of the molecule is CN1CCC[C@@H]1C(=O)Nc1ccc(N2CCNCC2)c(F)c1. The van der Waals surface area contributed by atoms with Crippen LogP contribution in [0.2, 0.25) is 0 Å². The van der Waals surface area contributed by atoms with Gasteiger partial charge in [0.1, 0.15) is 5.82 Å². The minimum Gasteiger partial charge on any atom is -0.367 e. The zero-order valence-electron chi connectivity index (χ0n) is 12.9. The van der Waals surface area contributed by atoms with E-state index in [9.17, 15) is 9.18 Å². The topological polar surface area (TPSA) is 47.6 Å². The van der Waals surface area contributed by atoms with Gasteiger partial charge in [-0.1, -0.05) is 0 Å². The van der Waals surface area contributed by atoms with E-state index in [0.29, 0.717) is 11.4 Å². The summed E-state index contributed by atoms with van der Waals surface area (Å²) in [4.78, 5) is 16.3. The second kappa shape index (κ2) is 6.62. The highest BCUT2D eigenvalue weighted by Gasteiger charge is 2.27. The molecule has 5 nitrogen and oxygen atoms in total. The predicted octanol–water partition coefficient (Wildman–Crippen LogP) is 1.27. The number of likely N-dealkylation sites (tertiary alicyclic amines) is 1. The molecule has 0 radical (unpaired) electrons. The van der Waals surface area contributed by atoms with E-state index < -0.39 is 0 Å². The maximum atomic E-state index is 14.3. The highest BCUT2D eigenvalue weighted by Crippen LogP contribution is 2.24. The van der Waals surface area contributed by atoms with E-state index >= 15 is 0 Å². The molecular weight excluding hydrogens is 283 g/mol. The monoisotopic (exact) mass is 306 g/mol. The molecule has 2 fully saturated rings. The first kappa shape index (κ1) is 15.2. The van der Waals surface area contributed by atoms with Crippen LogP contribution in [0.5, 0.6) is 0 Å². The first-order valence-corrected chi connectivity index (χ1v) is 7.91. The van der Waals surface area contributed by atoms with Crippen molar-refractivity contribution in [2.75, 3.05) is 50.0 Å². The molecule has 3 rings (SSSR count). The maximum Gasteiger partial charge on any atom is 0.241 e. The van der Waals surface area contributed by atoms with Crippen LogP contribution in [0.4, 0.5) is 15.8 Å². The Hall–Kier alpha value is -1.66. The van der Waals surface area contributed by atoms with Gasteiger partial charge in [0.25, 0.3) is 0 Å². The first-order chi connectivity index (χ1) is 10.6. The lowest BCUT2D eigenvalue weighted by atomic mass is 10.2. The van der Waals surface area contributed by atoms with Crippen molar-refractivity contribution < 1.29 is 9.18 Å². The van der Waals surface area contributed by atoms with Crippen LogP contribution in [0.3, 0.4) is 0 Å². The molecule has 2 heterocycles. The standard InChI is InChI=1S/C16H23FN4O/c1-20-8-2-3-15(20)16(22)19-12-4-5-14(13(17)11-12)21-9-6-18-7-10-21/h4-5,11,15,18H,2-3,6-10H2,1H3,(H,19,22)/t15-/m1/s1. The summed E-state index contributed by atoms with van der Waals surface area (Å²) in [5.74, 6) is -0.325. The molecule has 2 aliphatic heterocycles. The summed E-state index contributed by atoms with van der Waals surface area (Å²) in [6.45, 7) is 4.28. The number of nitrogens with zero attached hydrogens (tertiary/aromatic N) is 2. The normalized spacial score (nSPS) is 22.8. The Labute approximate surface area is 130 Å². The number of likely N-dealkylation sites (N-methyl/N-ethyl adjacent to an activating group) is 1. The lowest BCUT2D eigenvalue weighted by Gasteiger charge is -2.29. The Morgan fingerprint density at radius 3 is 2.73 bits per heavy atom. The van der Waals surface area contributed by atoms with Crippen molar-refractivity contribution in [1.29, 1.82) is 0 Å². The van der Waals surface area contributed by atoms with Crippen LogP contribution in [0.15, 0.2) is 18.2 Å². The van der Waals surface area contributed by atoms with Crippen molar-refractivity contribution in [1.82, 2.24) is 10.2 Å². The number of hydrogen-bond donors (Lipinski definition) is 2. The smallest absolute Gasteiger partial charge is 0.241 e. The zero-order chi connectivity index (χ0) is 15.5. The second-order valence-corrected chi connectivity index (χ2v) is 6.03. The molecule has 1 atom stereocenters. The van der Waals surface area contributed by atoms with Crippen molar-refractivity contribution in [2.24, 2.45) is 0 Å². The highest BCUT2D eigenvalue weighted by atomic mass is 19.1. The Morgan fingerprint density at radius 2 is 2.09 bits per heavy atom. The third-order valence-electron chi connectivity index (χ3n) is 4.50. The number of carbonyl (C=O) groups excluding carboxylic acids is 1. The zero-order valence-corrected chi connectivity index (χ0v) is 12.9. The van der Waals surface area contributed by atoms with Gasteiger partial charge in [0, 0.05) is 31.9 Å². The van der Waals surface area contributed by atoms with E-state index in [1.807, 2.05) is 16.8 Å². The van der Waals surface area contributed by atoms with Gasteiger partial charge in [-0.2, -0.15) is 0 Å². The molecule has 6 heteroatoms. The van der Waals surface area contributed by atoms with Gasteiger partial charge >= 0.3 is 0 Å². The fraction of sp³-hybridized carbons (Fsp3) is 0.562. The van der Waals surface area contributed by atoms with E-state index in [1.165, 1.54) is 6.07 Å². The minimum atomic E-state index is -0.278. The number of nitrogens with one attached hydrogen (secondary N) is 2. The molecular formula is C16H23FN4O. The summed E-state index contributed by atoms with van der Waals surface area (Å²) >= 11 is 0. The third-order valence-corrected chi connectivity index (χ3v) is 4.50. The molecule has 0 saturated carbocycles. The van der Waals surface area contributed by atoms with Gasteiger partial charge in [-0.05, 0) is 44.6 Å².